The number of piperidine rings is 2. The van der Waals surface area contributed by atoms with Crippen LogP contribution < -0.4 is 25.2 Å². The van der Waals surface area contributed by atoms with E-state index in [1.54, 1.807) is 30.6 Å². The van der Waals surface area contributed by atoms with Crippen LogP contribution in [0.15, 0.2) is 42.7 Å². The van der Waals surface area contributed by atoms with Crippen LogP contribution in [0.1, 0.15) is 88.0 Å². The lowest BCUT2D eigenvalue weighted by Crippen LogP contribution is -2.54. The molecule has 59 heavy (non-hydrogen) atoms. The van der Waals surface area contributed by atoms with Crippen molar-refractivity contribution in [1.29, 1.82) is 5.26 Å². The molecule has 2 aromatic carbocycles. The van der Waals surface area contributed by atoms with Crippen molar-refractivity contribution in [2.75, 3.05) is 49.1 Å². The third kappa shape index (κ3) is 7.57. The van der Waals surface area contributed by atoms with E-state index in [2.05, 4.69) is 30.4 Å². The summed E-state index contributed by atoms with van der Waals surface area (Å²) in [5.41, 5.74) is 1.11. The van der Waals surface area contributed by atoms with Gasteiger partial charge in [-0.2, -0.15) is 5.26 Å². The number of benzene rings is 2. The van der Waals surface area contributed by atoms with Crippen LogP contribution in [0.3, 0.4) is 0 Å². The minimum Gasteiger partial charge on any atom is -0.490 e. The summed E-state index contributed by atoms with van der Waals surface area (Å²) < 4.78 is 21.6. The fourth-order valence-corrected chi connectivity index (χ4v) is 9.94. The molecule has 1 unspecified atom stereocenters. The van der Waals surface area contributed by atoms with Crippen molar-refractivity contribution in [3.63, 3.8) is 0 Å². The Hall–Kier alpha value is -5.66. The number of hydrogen-bond donors (Lipinski definition) is 2. The molecule has 1 aromatic heterocycles. The minimum absolute atomic E-state index is 0.00922. The zero-order valence-corrected chi connectivity index (χ0v) is 33.0. The van der Waals surface area contributed by atoms with Gasteiger partial charge in [-0.25, -0.2) is 14.4 Å². The van der Waals surface area contributed by atoms with Crippen molar-refractivity contribution in [2.45, 2.75) is 75.6 Å². The molecule has 6 heterocycles. The maximum Gasteiger partial charge on any atom is 0.262 e. The van der Waals surface area contributed by atoms with E-state index in [1.807, 2.05) is 11.0 Å². The summed E-state index contributed by atoms with van der Waals surface area (Å²) in [4.78, 5) is 80.3. The number of anilines is 2. The lowest BCUT2D eigenvalue weighted by atomic mass is 9.92. The number of halogens is 2. The van der Waals surface area contributed by atoms with E-state index < -0.39 is 35.5 Å². The highest BCUT2D eigenvalue weighted by molar-refractivity contribution is 6.31. The fourth-order valence-electron chi connectivity index (χ4n) is 9.73. The van der Waals surface area contributed by atoms with Gasteiger partial charge in [-0.15, -0.1) is 0 Å². The molecule has 1 aliphatic carbocycles. The number of ether oxygens (including phenoxy) is 1. The summed E-state index contributed by atoms with van der Waals surface area (Å²) in [5, 5.41) is 14.8. The molecule has 1 saturated carbocycles. The van der Waals surface area contributed by atoms with E-state index in [0.29, 0.717) is 58.8 Å². The summed E-state index contributed by atoms with van der Waals surface area (Å²) in [6, 6.07) is 8.92. The largest absolute Gasteiger partial charge is 0.490 e. The molecule has 9 rings (SSSR count). The average Bonchev–Trinajstić information content (AvgIpc) is 3.89. The third-order valence-electron chi connectivity index (χ3n) is 12.9. The van der Waals surface area contributed by atoms with E-state index in [9.17, 15) is 24.0 Å². The van der Waals surface area contributed by atoms with Gasteiger partial charge in [-0.05, 0) is 81.0 Å². The molecule has 0 bridgehead atoms. The Morgan fingerprint density at radius 2 is 1.56 bits per heavy atom. The molecular weight excluding hydrogens is 781 g/mol. The number of likely N-dealkylation sites (tertiary alicyclic amines) is 1. The molecule has 5 amide bonds. The number of imide groups is 2. The molecular formula is C42H43ClFN9O6. The summed E-state index contributed by atoms with van der Waals surface area (Å²) in [7, 11) is 0. The average molecular weight is 824 g/mol. The van der Waals surface area contributed by atoms with Gasteiger partial charge in [0, 0.05) is 76.2 Å². The van der Waals surface area contributed by atoms with E-state index in [1.165, 1.54) is 6.07 Å². The van der Waals surface area contributed by atoms with Gasteiger partial charge < -0.3 is 19.9 Å². The van der Waals surface area contributed by atoms with Gasteiger partial charge in [0.1, 0.15) is 23.7 Å². The summed E-state index contributed by atoms with van der Waals surface area (Å²) in [6.07, 6.45) is 8.03. The standard InChI is InChI=1S/C42H43ClFN9O6/c43-33-13-30(4-1-23(33)16-45)59-29-5-2-27(3-6-29)48-38(55)24-17-46-42(47-18-24)52-21-25-19-51(20-26(25)22-52)28-9-11-50(12-10-28)36-15-32-31(14-34(36)44)40(57)53(41(32)58)35-7-8-37(54)49-39(35)56/h1,4,13-15,17-18,25-29,35H,2-3,5-12,19-22H2,(H,48,55)(H,49,54,56)/t25-,26+,27?,29?,35?. The monoisotopic (exact) mass is 823 g/mol. The number of carbonyl (C=O) groups excluding carboxylic acids is 5. The number of amides is 5. The van der Waals surface area contributed by atoms with E-state index in [4.69, 9.17) is 21.6 Å². The normalized spacial score (nSPS) is 26.1. The summed E-state index contributed by atoms with van der Waals surface area (Å²) in [5.74, 6) is -1.14. The predicted octanol–water partition coefficient (Wildman–Crippen LogP) is 3.70. The molecule has 2 N–H and O–H groups in total. The van der Waals surface area contributed by atoms with Crippen LogP contribution >= 0.6 is 11.6 Å². The van der Waals surface area contributed by atoms with Crippen molar-refractivity contribution in [3.8, 4) is 11.8 Å². The molecule has 0 spiro atoms. The Morgan fingerprint density at radius 3 is 2.20 bits per heavy atom. The summed E-state index contributed by atoms with van der Waals surface area (Å²) >= 11 is 6.15. The number of hydrogen-bond acceptors (Lipinski definition) is 12. The Labute approximate surface area is 344 Å². The SMILES string of the molecule is N#Cc1ccc(OC2CCC(NC(=O)c3cnc(N4C[C@@H]5CN(C6CCN(c7cc8c(cc7F)C(=O)N(C7CCC(=O)NC7=O)C8=O)CC6)C[C@@H]5C4)nc3)CC2)cc1Cl. The zero-order valence-electron chi connectivity index (χ0n) is 32.2. The van der Waals surface area contributed by atoms with Crippen LogP contribution in [0.4, 0.5) is 16.0 Å². The second-order valence-corrected chi connectivity index (χ2v) is 16.9. The van der Waals surface area contributed by atoms with Crippen LogP contribution in [0.25, 0.3) is 0 Å². The predicted molar refractivity (Wildman–Crippen MR) is 211 cm³/mol. The zero-order chi connectivity index (χ0) is 40.9. The molecule has 15 nitrogen and oxygen atoms in total. The van der Waals surface area contributed by atoms with Crippen LogP contribution in [-0.4, -0.2) is 113 Å². The van der Waals surface area contributed by atoms with Gasteiger partial charge in [0.2, 0.25) is 17.8 Å². The second kappa shape index (κ2) is 15.8. The van der Waals surface area contributed by atoms with Gasteiger partial charge in [0.25, 0.3) is 17.7 Å². The highest BCUT2D eigenvalue weighted by atomic mass is 35.5. The Morgan fingerprint density at radius 1 is 0.881 bits per heavy atom. The topological polar surface area (TPSA) is 181 Å². The first-order chi connectivity index (χ1) is 28.5. The lowest BCUT2D eigenvalue weighted by molar-refractivity contribution is -0.136. The Balaban J connectivity index is 0.728. The second-order valence-electron chi connectivity index (χ2n) is 16.5. The van der Waals surface area contributed by atoms with E-state index >= 15 is 4.39 Å². The third-order valence-corrected chi connectivity index (χ3v) is 13.2. The first kappa shape index (κ1) is 38.8. The molecule has 3 atom stereocenters. The molecule has 306 valence electrons. The highest BCUT2D eigenvalue weighted by Gasteiger charge is 2.46. The maximum atomic E-state index is 15.5. The van der Waals surface area contributed by atoms with E-state index in [-0.39, 0.29) is 47.7 Å². The Bertz CT molecular complexity index is 2240. The van der Waals surface area contributed by atoms with Crippen molar-refractivity contribution in [2.24, 2.45) is 11.8 Å². The van der Waals surface area contributed by atoms with Crippen molar-refractivity contribution >= 4 is 52.8 Å². The van der Waals surface area contributed by atoms with Crippen molar-refractivity contribution in [1.82, 2.24) is 30.4 Å². The molecule has 5 aliphatic heterocycles. The molecule has 0 radical (unpaired) electrons. The lowest BCUT2D eigenvalue weighted by Gasteiger charge is -2.38. The number of aromatic nitrogens is 2. The fraction of sp³-hybridized carbons (Fsp3) is 0.476. The number of nitrogens with one attached hydrogen (secondary N) is 2. The van der Waals surface area contributed by atoms with Gasteiger partial charge in [-0.1, -0.05) is 11.6 Å². The summed E-state index contributed by atoms with van der Waals surface area (Å²) in [6.45, 7) is 4.73. The molecule has 17 heteroatoms. The first-order valence-electron chi connectivity index (χ1n) is 20.3. The van der Waals surface area contributed by atoms with Gasteiger partial charge in [-0.3, -0.25) is 39.1 Å². The van der Waals surface area contributed by atoms with Crippen LogP contribution in [0, 0.1) is 29.0 Å². The van der Waals surface area contributed by atoms with Gasteiger partial charge >= 0.3 is 0 Å². The number of fused-ring (bicyclic) bond motifs is 2. The maximum absolute atomic E-state index is 15.5. The van der Waals surface area contributed by atoms with Crippen molar-refractivity contribution < 1.29 is 33.1 Å². The highest BCUT2D eigenvalue weighted by Crippen LogP contribution is 2.38. The number of carbonyl (C=O) groups is 5. The number of nitriles is 1. The number of rotatable bonds is 8. The minimum atomic E-state index is -1.10. The first-order valence-corrected chi connectivity index (χ1v) is 20.7. The van der Waals surface area contributed by atoms with Crippen LogP contribution in [-0.2, 0) is 9.59 Å². The molecule has 3 aromatic rings. The van der Waals surface area contributed by atoms with Crippen molar-refractivity contribution in [3.05, 3.63) is 75.8 Å². The number of nitrogens with zero attached hydrogens (tertiary/aromatic N) is 7. The van der Waals surface area contributed by atoms with Crippen LogP contribution in [0.2, 0.25) is 5.02 Å². The van der Waals surface area contributed by atoms with Gasteiger partial charge in [0.05, 0.1) is 39.1 Å². The van der Waals surface area contributed by atoms with Gasteiger partial charge in [0.15, 0.2) is 0 Å². The molecule has 5 fully saturated rings. The smallest absolute Gasteiger partial charge is 0.262 e. The van der Waals surface area contributed by atoms with E-state index in [0.717, 1.165) is 75.7 Å². The van der Waals surface area contributed by atoms with Crippen LogP contribution in [0.5, 0.6) is 5.75 Å². The molecule has 4 saturated heterocycles. The Kier molecular flexibility index (Phi) is 10.4. The molecule has 6 aliphatic rings. The quantitative estimate of drug-likeness (QED) is 0.315.